The van der Waals surface area contributed by atoms with Gasteiger partial charge in [0.15, 0.2) is 6.04 Å². The molecule has 96 valence electrons. The zero-order valence-electron chi connectivity index (χ0n) is 10.8. The highest BCUT2D eigenvalue weighted by atomic mass is 16.6. The number of hydrogen-bond acceptors (Lipinski definition) is 4. The van der Waals surface area contributed by atoms with Crippen LogP contribution in [-0.4, -0.2) is 42.3 Å². The second-order valence-electron chi connectivity index (χ2n) is 5.01. The van der Waals surface area contributed by atoms with Crippen LogP contribution in [0.2, 0.25) is 0 Å². The van der Waals surface area contributed by atoms with Crippen LogP contribution in [0.1, 0.15) is 27.2 Å². The minimum absolute atomic E-state index is 0.438. The number of carbonyl (C=O) groups excluding carboxylic acids is 2. The minimum atomic E-state index is -0.713. The number of amides is 1. The molecule has 0 aromatic heterocycles. The fourth-order valence-corrected chi connectivity index (χ4v) is 1.67. The van der Waals surface area contributed by atoms with E-state index in [1.807, 2.05) is 0 Å². The predicted octanol–water partition coefficient (Wildman–Crippen LogP) is 1.72. The average molecular weight is 241 g/mol. The molecule has 1 atom stereocenters. The lowest BCUT2D eigenvalue weighted by molar-refractivity contribution is -0.144. The first-order valence-electron chi connectivity index (χ1n) is 5.51. The van der Waals surface area contributed by atoms with Gasteiger partial charge in [-0.2, -0.15) is 0 Å². The van der Waals surface area contributed by atoms with Crippen molar-refractivity contribution in [3.8, 4) is 0 Å². The van der Waals surface area contributed by atoms with Gasteiger partial charge in [0.05, 0.1) is 7.11 Å². The molecule has 0 aliphatic carbocycles. The fraction of sp³-hybridized carbons (Fsp3) is 0.667. The summed E-state index contributed by atoms with van der Waals surface area (Å²) in [6.45, 7) is 9.56. The molecule has 1 aliphatic rings. The number of rotatable bonds is 1. The molecule has 0 spiro atoms. The lowest BCUT2D eigenvalue weighted by Gasteiger charge is -2.27. The fourth-order valence-electron chi connectivity index (χ4n) is 1.67. The van der Waals surface area contributed by atoms with Crippen LogP contribution < -0.4 is 0 Å². The molecule has 1 fully saturated rings. The Kier molecular flexibility index (Phi) is 3.80. The monoisotopic (exact) mass is 241 g/mol. The standard InChI is InChI=1S/C12H19NO4/c1-8-6-7-13(9(8)10(14)16-5)11(15)17-12(2,3)4/h9H,1,6-7H2,2-5H3. The maximum Gasteiger partial charge on any atom is 0.411 e. The van der Waals surface area contributed by atoms with Crippen molar-refractivity contribution in [2.75, 3.05) is 13.7 Å². The van der Waals surface area contributed by atoms with E-state index in [1.54, 1.807) is 20.8 Å². The number of methoxy groups -OCH3 is 1. The molecule has 1 amide bonds. The van der Waals surface area contributed by atoms with Crippen molar-refractivity contribution in [3.05, 3.63) is 12.2 Å². The lowest BCUT2D eigenvalue weighted by Crippen LogP contribution is -2.44. The molecule has 1 unspecified atom stereocenters. The smallest absolute Gasteiger partial charge is 0.411 e. The van der Waals surface area contributed by atoms with E-state index in [4.69, 9.17) is 4.74 Å². The van der Waals surface area contributed by atoms with Gasteiger partial charge < -0.3 is 9.47 Å². The molecule has 0 aromatic carbocycles. The normalized spacial score (nSPS) is 20.4. The van der Waals surface area contributed by atoms with Crippen LogP contribution in [-0.2, 0) is 14.3 Å². The molecule has 17 heavy (non-hydrogen) atoms. The Labute approximate surface area is 101 Å². The quantitative estimate of drug-likeness (QED) is 0.518. The molecule has 0 saturated carbocycles. The van der Waals surface area contributed by atoms with Crippen LogP contribution in [0.5, 0.6) is 0 Å². The van der Waals surface area contributed by atoms with Gasteiger partial charge in [-0.05, 0) is 32.8 Å². The molecule has 5 heteroatoms. The van der Waals surface area contributed by atoms with Crippen molar-refractivity contribution in [3.63, 3.8) is 0 Å². The summed E-state index contributed by atoms with van der Waals surface area (Å²) in [5.41, 5.74) is 0.101. The van der Waals surface area contributed by atoms with E-state index in [2.05, 4.69) is 11.3 Å². The van der Waals surface area contributed by atoms with Gasteiger partial charge in [0.2, 0.25) is 0 Å². The van der Waals surface area contributed by atoms with E-state index in [9.17, 15) is 9.59 Å². The number of hydrogen-bond donors (Lipinski definition) is 0. The SMILES string of the molecule is C=C1CCN(C(=O)OC(C)(C)C)C1C(=O)OC. The molecule has 0 aromatic rings. The summed E-state index contributed by atoms with van der Waals surface area (Å²) in [6, 6.07) is -0.713. The number of ether oxygens (including phenoxy) is 2. The molecule has 0 radical (unpaired) electrons. The molecule has 5 nitrogen and oxygen atoms in total. The minimum Gasteiger partial charge on any atom is -0.467 e. The second kappa shape index (κ2) is 4.77. The van der Waals surface area contributed by atoms with E-state index in [-0.39, 0.29) is 0 Å². The number of likely N-dealkylation sites (tertiary alicyclic amines) is 1. The summed E-state index contributed by atoms with van der Waals surface area (Å²) in [5.74, 6) is -0.474. The average Bonchev–Trinajstić information content (AvgIpc) is 2.56. The maximum absolute atomic E-state index is 11.9. The zero-order valence-corrected chi connectivity index (χ0v) is 10.8. The Morgan fingerprint density at radius 3 is 2.47 bits per heavy atom. The van der Waals surface area contributed by atoms with E-state index in [1.165, 1.54) is 12.0 Å². The van der Waals surface area contributed by atoms with Gasteiger partial charge in [0.1, 0.15) is 5.60 Å². The number of nitrogens with zero attached hydrogens (tertiary/aromatic N) is 1. The molecule has 1 heterocycles. The molecule has 0 bridgehead atoms. The molecule has 1 aliphatic heterocycles. The molecule has 1 saturated heterocycles. The number of esters is 1. The third-order valence-electron chi connectivity index (χ3n) is 2.42. The highest BCUT2D eigenvalue weighted by molar-refractivity contribution is 5.85. The number of carbonyl (C=O) groups is 2. The van der Waals surface area contributed by atoms with Gasteiger partial charge in [-0.25, -0.2) is 9.59 Å². The van der Waals surface area contributed by atoms with Crippen LogP contribution in [0.4, 0.5) is 4.79 Å². The highest BCUT2D eigenvalue weighted by Crippen LogP contribution is 2.25. The van der Waals surface area contributed by atoms with Crippen molar-refractivity contribution in [2.24, 2.45) is 0 Å². The van der Waals surface area contributed by atoms with E-state index >= 15 is 0 Å². The van der Waals surface area contributed by atoms with Crippen LogP contribution in [0.3, 0.4) is 0 Å². The van der Waals surface area contributed by atoms with E-state index < -0.39 is 23.7 Å². The topological polar surface area (TPSA) is 55.8 Å². The van der Waals surface area contributed by atoms with Gasteiger partial charge in [-0.15, -0.1) is 0 Å². The van der Waals surface area contributed by atoms with Crippen LogP contribution in [0.15, 0.2) is 12.2 Å². The summed E-state index contributed by atoms with van der Waals surface area (Å²) >= 11 is 0. The van der Waals surface area contributed by atoms with Gasteiger partial charge in [-0.1, -0.05) is 6.58 Å². The Hall–Kier alpha value is -1.52. The zero-order chi connectivity index (χ0) is 13.2. The summed E-state index contributed by atoms with van der Waals surface area (Å²) in [7, 11) is 1.29. The van der Waals surface area contributed by atoms with Crippen LogP contribution in [0, 0.1) is 0 Å². The van der Waals surface area contributed by atoms with Crippen molar-refractivity contribution < 1.29 is 19.1 Å². The second-order valence-corrected chi connectivity index (χ2v) is 5.01. The summed E-state index contributed by atoms with van der Waals surface area (Å²) in [5, 5.41) is 0. The van der Waals surface area contributed by atoms with Crippen molar-refractivity contribution in [2.45, 2.75) is 38.8 Å². The van der Waals surface area contributed by atoms with Crippen molar-refractivity contribution >= 4 is 12.1 Å². The van der Waals surface area contributed by atoms with Gasteiger partial charge in [0, 0.05) is 6.54 Å². The first-order chi connectivity index (χ1) is 7.76. The van der Waals surface area contributed by atoms with Gasteiger partial charge >= 0.3 is 12.1 Å². The summed E-state index contributed by atoms with van der Waals surface area (Å²) in [4.78, 5) is 24.8. The van der Waals surface area contributed by atoms with E-state index in [0.717, 1.165) is 0 Å². The van der Waals surface area contributed by atoms with E-state index in [0.29, 0.717) is 18.5 Å². The summed E-state index contributed by atoms with van der Waals surface area (Å²) < 4.78 is 9.90. The molecular weight excluding hydrogens is 222 g/mol. The first-order valence-corrected chi connectivity index (χ1v) is 5.51. The summed E-state index contributed by atoms with van der Waals surface area (Å²) in [6.07, 6.45) is 0.0884. The third kappa shape index (κ3) is 3.22. The van der Waals surface area contributed by atoms with Crippen LogP contribution in [0.25, 0.3) is 0 Å². The van der Waals surface area contributed by atoms with Gasteiger partial charge in [-0.3, -0.25) is 4.90 Å². The van der Waals surface area contributed by atoms with Gasteiger partial charge in [0.25, 0.3) is 0 Å². The molecule has 0 N–H and O–H groups in total. The maximum atomic E-state index is 11.9. The van der Waals surface area contributed by atoms with Crippen molar-refractivity contribution in [1.29, 1.82) is 0 Å². The van der Waals surface area contributed by atoms with Crippen LogP contribution >= 0.6 is 0 Å². The Morgan fingerprint density at radius 2 is 2.00 bits per heavy atom. The Morgan fingerprint density at radius 1 is 1.41 bits per heavy atom. The molecular formula is C12H19NO4. The first kappa shape index (κ1) is 13.5. The molecule has 1 rings (SSSR count). The largest absolute Gasteiger partial charge is 0.467 e. The Balaban J connectivity index is 2.79. The third-order valence-corrected chi connectivity index (χ3v) is 2.42. The lowest BCUT2D eigenvalue weighted by atomic mass is 10.1. The Bertz CT molecular complexity index is 343. The van der Waals surface area contributed by atoms with Crippen molar-refractivity contribution in [1.82, 2.24) is 4.90 Å². The highest BCUT2D eigenvalue weighted by Gasteiger charge is 2.39. The predicted molar refractivity (Wildman–Crippen MR) is 62.5 cm³/mol.